The van der Waals surface area contributed by atoms with Gasteiger partial charge in [0.2, 0.25) is 0 Å². The Kier molecular flexibility index (Phi) is 6.69. The number of benzene rings is 2. The number of methoxy groups -OCH3 is 1. The molecule has 122 valence electrons. The molecule has 2 aromatic carbocycles. The van der Waals surface area contributed by atoms with E-state index in [1.165, 1.54) is 5.56 Å². The zero-order valence-corrected chi connectivity index (χ0v) is 14.3. The van der Waals surface area contributed by atoms with Crippen molar-refractivity contribution in [3.05, 3.63) is 54.1 Å². The van der Waals surface area contributed by atoms with Gasteiger partial charge in [-0.05, 0) is 60.6 Å². The van der Waals surface area contributed by atoms with Gasteiger partial charge >= 0.3 is 0 Å². The first-order chi connectivity index (χ1) is 11.2. The van der Waals surface area contributed by atoms with E-state index in [1.54, 1.807) is 7.11 Å². The SMILES string of the molecule is CCc1ccc(NC(=S)NCCOc2ccc(OC)cc2)cc1. The highest BCUT2D eigenvalue weighted by Gasteiger charge is 1.99. The number of nitrogens with one attached hydrogen (secondary N) is 2. The Morgan fingerprint density at radius 3 is 2.26 bits per heavy atom. The molecule has 2 rings (SSSR count). The molecule has 0 heterocycles. The molecule has 0 amide bonds. The van der Waals surface area contributed by atoms with Gasteiger partial charge in [0, 0.05) is 5.69 Å². The van der Waals surface area contributed by atoms with Crippen LogP contribution in [0.4, 0.5) is 5.69 Å². The molecular formula is C18H22N2O2S. The molecule has 5 heteroatoms. The molecule has 0 bridgehead atoms. The van der Waals surface area contributed by atoms with Crippen molar-refractivity contribution in [2.45, 2.75) is 13.3 Å². The average Bonchev–Trinajstić information content (AvgIpc) is 2.60. The van der Waals surface area contributed by atoms with Gasteiger partial charge in [-0.25, -0.2) is 0 Å². The molecule has 2 N–H and O–H groups in total. The fourth-order valence-corrected chi connectivity index (χ4v) is 2.22. The number of aryl methyl sites for hydroxylation is 1. The van der Waals surface area contributed by atoms with Crippen LogP contribution in [0.1, 0.15) is 12.5 Å². The third kappa shape index (κ3) is 5.79. The molecule has 0 radical (unpaired) electrons. The summed E-state index contributed by atoms with van der Waals surface area (Å²) in [6.07, 6.45) is 1.03. The lowest BCUT2D eigenvalue weighted by Crippen LogP contribution is -2.31. The molecule has 4 nitrogen and oxygen atoms in total. The molecule has 0 aliphatic heterocycles. The van der Waals surface area contributed by atoms with Crippen LogP contribution in [0, 0.1) is 0 Å². The summed E-state index contributed by atoms with van der Waals surface area (Å²) in [7, 11) is 1.64. The maximum atomic E-state index is 5.63. The molecule has 0 unspecified atom stereocenters. The quantitative estimate of drug-likeness (QED) is 0.599. The number of thiocarbonyl (C=S) groups is 1. The molecule has 0 atom stereocenters. The van der Waals surface area contributed by atoms with Crippen molar-refractivity contribution in [2.75, 3.05) is 25.6 Å². The van der Waals surface area contributed by atoms with E-state index < -0.39 is 0 Å². The van der Waals surface area contributed by atoms with Gasteiger partial charge in [-0.2, -0.15) is 0 Å². The van der Waals surface area contributed by atoms with E-state index in [4.69, 9.17) is 21.7 Å². The van der Waals surface area contributed by atoms with Crippen molar-refractivity contribution in [1.29, 1.82) is 0 Å². The van der Waals surface area contributed by atoms with E-state index in [9.17, 15) is 0 Å². The second kappa shape index (κ2) is 9.00. The van der Waals surface area contributed by atoms with Gasteiger partial charge in [0.25, 0.3) is 0 Å². The van der Waals surface area contributed by atoms with Crippen LogP contribution in [0.25, 0.3) is 0 Å². The van der Waals surface area contributed by atoms with Gasteiger partial charge in [0.05, 0.1) is 13.7 Å². The Morgan fingerprint density at radius 1 is 1.00 bits per heavy atom. The minimum atomic E-state index is 0.531. The highest BCUT2D eigenvalue weighted by molar-refractivity contribution is 7.80. The van der Waals surface area contributed by atoms with E-state index in [2.05, 4.69) is 29.7 Å². The molecule has 23 heavy (non-hydrogen) atoms. The van der Waals surface area contributed by atoms with Crippen LogP contribution >= 0.6 is 12.2 Å². The summed E-state index contributed by atoms with van der Waals surface area (Å²) in [6.45, 7) is 3.30. The van der Waals surface area contributed by atoms with Gasteiger partial charge in [-0.15, -0.1) is 0 Å². The number of rotatable bonds is 7. The second-order valence-corrected chi connectivity index (χ2v) is 5.36. The summed E-state index contributed by atoms with van der Waals surface area (Å²) in [5.74, 6) is 1.62. The highest BCUT2D eigenvalue weighted by atomic mass is 32.1. The first-order valence-corrected chi connectivity index (χ1v) is 8.02. The number of hydrogen-bond donors (Lipinski definition) is 2. The summed E-state index contributed by atoms with van der Waals surface area (Å²) in [4.78, 5) is 0. The lowest BCUT2D eigenvalue weighted by Gasteiger charge is -2.12. The minimum absolute atomic E-state index is 0.531. The van der Waals surface area contributed by atoms with E-state index in [0.717, 1.165) is 23.6 Å². The topological polar surface area (TPSA) is 42.5 Å². The number of anilines is 1. The molecule has 0 saturated heterocycles. The first-order valence-electron chi connectivity index (χ1n) is 7.62. The summed E-state index contributed by atoms with van der Waals surface area (Å²) < 4.78 is 10.7. The Bertz CT molecular complexity index is 612. The van der Waals surface area contributed by atoms with Crippen molar-refractivity contribution in [2.24, 2.45) is 0 Å². The lowest BCUT2D eigenvalue weighted by molar-refractivity contribution is 0.322. The average molecular weight is 330 g/mol. The summed E-state index contributed by atoms with van der Waals surface area (Å²) in [5.41, 5.74) is 2.29. The van der Waals surface area contributed by atoms with Crippen molar-refractivity contribution < 1.29 is 9.47 Å². The molecule has 0 aliphatic rings. The van der Waals surface area contributed by atoms with Crippen molar-refractivity contribution in [1.82, 2.24) is 5.32 Å². The predicted octanol–water partition coefficient (Wildman–Crippen LogP) is 3.62. The smallest absolute Gasteiger partial charge is 0.170 e. The maximum absolute atomic E-state index is 5.63. The number of ether oxygens (including phenoxy) is 2. The largest absolute Gasteiger partial charge is 0.497 e. The van der Waals surface area contributed by atoms with Crippen molar-refractivity contribution >= 4 is 23.0 Å². The molecule has 0 spiro atoms. The van der Waals surface area contributed by atoms with Crippen LogP contribution in [-0.4, -0.2) is 25.4 Å². The van der Waals surface area contributed by atoms with Crippen LogP contribution in [-0.2, 0) is 6.42 Å². The summed E-state index contributed by atoms with van der Waals surface area (Å²) in [5, 5.41) is 6.87. The van der Waals surface area contributed by atoms with Gasteiger partial charge in [-0.3, -0.25) is 0 Å². The molecule has 0 saturated carbocycles. The molecule has 0 aliphatic carbocycles. The fraction of sp³-hybridized carbons (Fsp3) is 0.278. The van der Waals surface area contributed by atoms with Crippen LogP contribution in [0.15, 0.2) is 48.5 Å². The van der Waals surface area contributed by atoms with Gasteiger partial charge < -0.3 is 20.1 Å². The third-order valence-electron chi connectivity index (χ3n) is 3.34. The lowest BCUT2D eigenvalue weighted by atomic mass is 10.1. The van der Waals surface area contributed by atoms with Crippen LogP contribution < -0.4 is 20.1 Å². The summed E-state index contributed by atoms with van der Waals surface area (Å²) >= 11 is 5.27. The van der Waals surface area contributed by atoms with Crippen molar-refractivity contribution in [3.63, 3.8) is 0 Å². The van der Waals surface area contributed by atoms with E-state index in [0.29, 0.717) is 18.3 Å². The Hall–Kier alpha value is -2.27. The van der Waals surface area contributed by atoms with Gasteiger partial charge in [0.15, 0.2) is 5.11 Å². The second-order valence-electron chi connectivity index (χ2n) is 4.96. The Balaban J connectivity index is 1.67. The molecule has 0 aromatic heterocycles. The maximum Gasteiger partial charge on any atom is 0.170 e. The van der Waals surface area contributed by atoms with Crippen LogP contribution in [0.5, 0.6) is 11.5 Å². The fourth-order valence-electron chi connectivity index (χ4n) is 2.00. The standard InChI is InChI=1S/C18H22N2O2S/c1-3-14-4-6-15(7-5-14)20-18(23)19-12-13-22-17-10-8-16(21-2)9-11-17/h4-11H,3,12-13H2,1-2H3,(H2,19,20,23). The zero-order chi connectivity index (χ0) is 16.5. The van der Waals surface area contributed by atoms with Crippen LogP contribution in [0.2, 0.25) is 0 Å². The van der Waals surface area contributed by atoms with Gasteiger partial charge in [-0.1, -0.05) is 19.1 Å². The summed E-state index contributed by atoms with van der Waals surface area (Å²) in [6, 6.07) is 15.7. The first kappa shape index (κ1) is 17.1. The van der Waals surface area contributed by atoms with Crippen molar-refractivity contribution in [3.8, 4) is 11.5 Å². The third-order valence-corrected chi connectivity index (χ3v) is 3.58. The Morgan fingerprint density at radius 2 is 1.65 bits per heavy atom. The highest BCUT2D eigenvalue weighted by Crippen LogP contribution is 2.16. The van der Waals surface area contributed by atoms with Crippen LogP contribution in [0.3, 0.4) is 0 Å². The predicted molar refractivity (Wildman–Crippen MR) is 98.5 cm³/mol. The Labute approximate surface area is 142 Å². The molecular weight excluding hydrogens is 308 g/mol. The molecule has 2 aromatic rings. The number of hydrogen-bond acceptors (Lipinski definition) is 3. The monoisotopic (exact) mass is 330 g/mol. The van der Waals surface area contributed by atoms with E-state index in [1.807, 2.05) is 36.4 Å². The minimum Gasteiger partial charge on any atom is -0.497 e. The van der Waals surface area contributed by atoms with E-state index >= 15 is 0 Å². The van der Waals surface area contributed by atoms with E-state index in [-0.39, 0.29) is 0 Å². The molecule has 0 fully saturated rings. The zero-order valence-electron chi connectivity index (χ0n) is 13.5. The van der Waals surface area contributed by atoms with Gasteiger partial charge in [0.1, 0.15) is 18.1 Å². The normalized spacial score (nSPS) is 10.0.